The summed E-state index contributed by atoms with van der Waals surface area (Å²) in [5.74, 6) is 2.46. The molecule has 11 atom stereocenters. The van der Waals surface area contributed by atoms with Crippen LogP contribution in [0.2, 0.25) is 0 Å². The lowest BCUT2D eigenvalue weighted by Crippen LogP contribution is -2.70. The zero-order chi connectivity index (χ0) is 23.6. The summed E-state index contributed by atoms with van der Waals surface area (Å²) in [7, 11) is 0. The third kappa shape index (κ3) is 3.32. The monoisotopic (exact) mass is 462 g/mol. The Balaban J connectivity index is 1.66. The van der Waals surface area contributed by atoms with E-state index in [1.54, 1.807) is 12.2 Å². The number of rotatable bonds is 4. The highest BCUT2D eigenvalue weighted by atomic mass is 35.5. The van der Waals surface area contributed by atoms with E-state index < -0.39 is 22.5 Å². The van der Waals surface area contributed by atoms with Crippen LogP contribution in [0.25, 0.3) is 0 Å². The molecule has 4 aliphatic rings. The van der Waals surface area contributed by atoms with Gasteiger partial charge in [0, 0.05) is 5.92 Å². The molecule has 0 aromatic heterocycles. The molecule has 0 bridgehead atoms. The number of hydrogen-bond acceptors (Lipinski definition) is 3. The Bertz CT molecular complexity index is 804. The number of carbonyl (C=O) groups is 1. The lowest BCUT2D eigenvalue weighted by atomic mass is 9.42. The molecule has 0 aromatic carbocycles. The van der Waals surface area contributed by atoms with Crippen molar-refractivity contribution in [1.29, 1.82) is 0 Å². The van der Waals surface area contributed by atoms with Crippen LogP contribution in [0.1, 0.15) is 73.6 Å². The van der Waals surface area contributed by atoms with Crippen molar-refractivity contribution in [2.24, 2.45) is 52.3 Å². The third-order valence-corrected chi connectivity index (χ3v) is 11.2. The average Bonchev–Trinajstić information content (AvgIpc) is 3.05. The Hall–Kier alpha value is -0.640. The van der Waals surface area contributed by atoms with Crippen LogP contribution in [0.3, 0.4) is 0 Å². The Morgan fingerprint density at radius 3 is 2.50 bits per heavy atom. The van der Waals surface area contributed by atoms with Gasteiger partial charge in [-0.3, -0.25) is 4.79 Å². The number of aliphatic hydroxyl groups excluding tert-OH is 1. The molecule has 4 aliphatic carbocycles. The minimum atomic E-state index is -1.28. The standard InChI is InChI=1S/C28H43ClO3/c1-16(2)17(3)9-10-18(4)20-11-12-21-19-14-23(29)28(32)13-7-8-24(31)27(28,6)25(19)22(30)15-26(20,21)5/h7-10,16-23,25,30,32H,11-15H2,1-6H3. The first kappa shape index (κ1) is 24.5. The van der Waals surface area contributed by atoms with Crippen molar-refractivity contribution < 1.29 is 15.0 Å². The van der Waals surface area contributed by atoms with Gasteiger partial charge < -0.3 is 10.2 Å². The molecule has 0 aromatic rings. The predicted molar refractivity (Wildman–Crippen MR) is 130 cm³/mol. The number of carbonyl (C=O) groups excluding carboxylic acids is 1. The molecular formula is C28H43ClO3. The molecule has 0 amide bonds. The molecule has 0 radical (unpaired) electrons. The number of allylic oxidation sites excluding steroid dienone is 3. The first-order valence-electron chi connectivity index (χ1n) is 12.8. The predicted octanol–water partition coefficient (Wildman–Crippen LogP) is 5.78. The maximum absolute atomic E-state index is 13.2. The fourth-order valence-corrected chi connectivity index (χ4v) is 8.91. The van der Waals surface area contributed by atoms with Gasteiger partial charge >= 0.3 is 0 Å². The third-order valence-electron chi connectivity index (χ3n) is 10.7. The van der Waals surface area contributed by atoms with Gasteiger partial charge in [0.15, 0.2) is 5.78 Å². The topological polar surface area (TPSA) is 57.5 Å². The van der Waals surface area contributed by atoms with Gasteiger partial charge in [0.25, 0.3) is 0 Å². The molecule has 180 valence electrons. The highest BCUT2D eigenvalue weighted by Gasteiger charge is 2.70. The molecule has 0 spiro atoms. The van der Waals surface area contributed by atoms with Crippen molar-refractivity contribution in [3.63, 3.8) is 0 Å². The maximum atomic E-state index is 13.2. The van der Waals surface area contributed by atoms with Crippen molar-refractivity contribution >= 4 is 17.4 Å². The molecule has 3 saturated carbocycles. The second kappa shape index (κ2) is 8.24. The fraction of sp³-hybridized carbons (Fsp3) is 0.821. The lowest BCUT2D eigenvalue weighted by Gasteiger charge is -2.64. The Kier molecular flexibility index (Phi) is 6.30. The summed E-state index contributed by atoms with van der Waals surface area (Å²) in [6.45, 7) is 13.4. The molecule has 2 N–H and O–H groups in total. The quantitative estimate of drug-likeness (QED) is 0.411. The number of hydrogen-bond donors (Lipinski definition) is 2. The molecule has 4 rings (SSSR count). The molecule has 0 saturated heterocycles. The first-order chi connectivity index (χ1) is 14.9. The number of fused-ring (bicyclic) bond motifs is 5. The van der Waals surface area contributed by atoms with Crippen LogP contribution in [-0.4, -0.2) is 33.1 Å². The highest BCUT2D eigenvalue weighted by Crippen LogP contribution is 2.68. The van der Waals surface area contributed by atoms with Crippen LogP contribution in [0.5, 0.6) is 0 Å². The molecule has 4 heteroatoms. The van der Waals surface area contributed by atoms with E-state index in [1.807, 2.05) is 6.92 Å². The van der Waals surface area contributed by atoms with E-state index in [9.17, 15) is 15.0 Å². The molecule has 3 nitrogen and oxygen atoms in total. The zero-order valence-corrected chi connectivity index (χ0v) is 21.5. The minimum absolute atomic E-state index is 0.0292. The van der Waals surface area contributed by atoms with Crippen molar-refractivity contribution in [2.45, 2.75) is 90.7 Å². The van der Waals surface area contributed by atoms with E-state index >= 15 is 0 Å². The van der Waals surface area contributed by atoms with Crippen LogP contribution in [0, 0.1) is 52.3 Å². The number of aliphatic hydroxyl groups is 2. The second-order valence-electron chi connectivity index (χ2n) is 12.4. The summed E-state index contributed by atoms with van der Waals surface area (Å²) < 4.78 is 0. The SMILES string of the molecule is CC(C)C(C)C=CC(C)C1CCC2C3CC(Cl)C4(O)CC=CC(=O)C4(C)C3C(O)CC12C. The van der Waals surface area contributed by atoms with Crippen molar-refractivity contribution in [2.75, 3.05) is 0 Å². The van der Waals surface area contributed by atoms with Gasteiger partial charge in [-0.15, -0.1) is 11.6 Å². The van der Waals surface area contributed by atoms with Crippen LogP contribution < -0.4 is 0 Å². The van der Waals surface area contributed by atoms with Gasteiger partial charge in [-0.25, -0.2) is 0 Å². The van der Waals surface area contributed by atoms with Gasteiger partial charge in [-0.2, -0.15) is 0 Å². The van der Waals surface area contributed by atoms with Crippen LogP contribution >= 0.6 is 11.6 Å². The van der Waals surface area contributed by atoms with Gasteiger partial charge in [0.2, 0.25) is 0 Å². The summed E-state index contributed by atoms with van der Waals surface area (Å²) in [5.41, 5.74) is -2.27. The fourth-order valence-electron chi connectivity index (χ4n) is 8.39. The van der Waals surface area contributed by atoms with E-state index in [0.29, 0.717) is 48.9 Å². The Morgan fingerprint density at radius 2 is 1.84 bits per heavy atom. The largest absolute Gasteiger partial charge is 0.393 e. The molecule has 0 heterocycles. The highest BCUT2D eigenvalue weighted by molar-refractivity contribution is 6.22. The van der Waals surface area contributed by atoms with Gasteiger partial charge in [0.05, 0.1) is 22.5 Å². The van der Waals surface area contributed by atoms with Crippen molar-refractivity contribution in [1.82, 2.24) is 0 Å². The molecule has 3 fully saturated rings. The van der Waals surface area contributed by atoms with Crippen molar-refractivity contribution in [3.8, 4) is 0 Å². The Morgan fingerprint density at radius 1 is 1.16 bits per heavy atom. The van der Waals surface area contributed by atoms with E-state index in [1.165, 1.54) is 0 Å². The molecular weight excluding hydrogens is 420 g/mol. The average molecular weight is 463 g/mol. The van der Waals surface area contributed by atoms with Gasteiger partial charge in [-0.1, -0.05) is 52.8 Å². The molecule has 0 aliphatic heterocycles. The van der Waals surface area contributed by atoms with Crippen LogP contribution in [0.4, 0.5) is 0 Å². The summed E-state index contributed by atoms with van der Waals surface area (Å²) in [5, 5.41) is 22.7. The van der Waals surface area contributed by atoms with Gasteiger partial charge in [0.1, 0.15) is 0 Å². The Labute approximate surface area is 199 Å². The molecule has 32 heavy (non-hydrogen) atoms. The normalized spacial score (nSPS) is 50.2. The number of alkyl halides is 1. The molecule has 11 unspecified atom stereocenters. The summed E-state index contributed by atoms with van der Waals surface area (Å²) in [4.78, 5) is 13.2. The summed E-state index contributed by atoms with van der Waals surface area (Å²) >= 11 is 6.87. The maximum Gasteiger partial charge on any atom is 0.164 e. The summed E-state index contributed by atoms with van der Waals surface area (Å²) in [6.07, 6.45) is 11.6. The smallest absolute Gasteiger partial charge is 0.164 e. The van der Waals surface area contributed by atoms with E-state index in [-0.39, 0.29) is 23.0 Å². The van der Waals surface area contributed by atoms with Gasteiger partial charge in [-0.05, 0) is 86.0 Å². The summed E-state index contributed by atoms with van der Waals surface area (Å²) in [6, 6.07) is 0. The van der Waals surface area contributed by atoms with E-state index in [0.717, 1.165) is 12.8 Å². The lowest BCUT2D eigenvalue weighted by molar-refractivity contribution is -0.214. The number of halogens is 1. The zero-order valence-electron chi connectivity index (χ0n) is 20.7. The first-order valence-corrected chi connectivity index (χ1v) is 13.2. The second-order valence-corrected chi connectivity index (χ2v) is 12.9. The van der Waals surface area contributed by atoms with E-state index in [4.69, 9.17) is 11.6 Å². The van der Waals surface area contributed by atoms with Crippen LogP contribution in [-0.2, 0) is 4.79 Å². The van der Waals surface area contributed by atoms with E-state index in [2.05, 4.69) is 46.8 Å². The van der Waals surface area contributed by atoms with Crippen molar-refractivity contribution in [3.05, 3.63) is 24.3 Å². The van der Waals surface area contributed by atoms with Crippen LogP contribution in [0.15, 0.2) is 24.3 Å². The number of ketones is 1. The minimum Gasteiger partial charge on any atom is -0.393 e.